The van der Waals surface area contributed by atoms with Gasteiger partial charge in [0, 0.05) is 5.56 Å². The number of ketones is 1. The number of carbonyl (C=O) groups is 1. The zero-order chi connectivity index (χ0) is 11.0. The first-order chi connectivity index (χ1) is 7.08. The molecule has 0 saturated heterocycles. The monoisotopic (exact) mass is 202 g/mol. The summed E-state index contributed by atoms with van der Waals surface area (Å²) in [6.45, 7) is 6.25. The van der Waals surface area contributed by atoms with Crippen LogP contribution in [-0.2, 0) is 12.8 Å². The molecule has 0 bridgehead atoms. The highest BCUT2D eigenvalue weighted by atomic mass is 16.1. The molecule has 1 aromatic carbocycles. The molecule has 1 aromatic rings. The third-order valence-corrected chi connectivity index (χ3v) is 3.67. The minimum atomic E-state index is 0.170. The van der Waals surface area contributed by atoms with Crippen LogP contribution >= 0.6 is 0 Å². The van der Waals surface area contributed by atoms with Gasteiger partial charge in [-0.3, -0.25) is 4.79 Å². The molecule has 1 aliphatic carbocycles. The minimum Gasteiger partial charge on any atom is -0.295 e. The van der Waals surface area contributed by atoms with E-state index in [2.05, 4.69) is 26.0 Å². The van der Waals surface area contributed by atoms with Crippen LogP contribution in [0.15, 0.2) is 18.2 Å². The molecule has 0 amide bonds. The number of hydrogen-bond acceptors (Lipinski definition) is 1. The van der Waals surface area contributed by atoms with Crippen LogP contribution in [0, 0.1) is 11.8 Å². The van der Waals surface area contributed by atoms with Gasteiger partial charge in [-0.25, -0.2) is 0 Å². The van der Waals surface area contributed by atoms with Gasteiger partial charge in [0.25, 0.3) is 0 Å². The molecule has 15 heavy (non-hydrogen) atoms. The highest BCUT2D eigenvalue weighted by Crippen LogP contribution is 2.30. The summed E-state index contributed by atoms with van der Waals surface area (Å²) in [5.41, 5.74) is 3.68. The second-order valence-corrected chi connectivity index (χ2v) is 4.90. The maximum Gasteiger partial charge on any atom is 0.159 e. The lowest BCUT2D eigenvalue weighted by Gasteiger charge is -2.28. The van der Waals surface area contributed by atoms with Crippen LogP contribution in [0.4, 0.5) is 0 Å². The second-order valence-electron chi connectivity index (χ2n) is 4.90. The fourth-order valence-corrected chi connectivity index (χ4v) is 2.33. The molecule has 2 atom stereocenters. The molecule has 2 rings (SSSR count). The van der Waals surface area contributed by atoms with Crippen LogP contribution in [0.5, 0.6) is 0 Å². The van der Waals surface area contributed by atoms with Crippen molar-refractivity contribution < 1.29 is 4.79 Å². The summed E-state index contributed by atoms with van der Waals surface area (Å²) in [6, 6.07) is 6.18. The predicted molar refractivity (Wildman–Crippen MR) is 62.2 cm³/mol. The van der Waals surface area contributed by atoms with E-state index in [1.54, 1.807) is 6.92 Å². The number of rotatable bonds is 1. The fraction of sp³-hybridized carbons (Fsp3) is 0.500. The molecule has 0 N–H and O–H groups in total. The van der Waals surface area contributed by atoms with E-state index in [4.69, 9.17) is 0 Å². The molecule has 1 heteroatoms. The van der Waals surface area contributed by atoms with Gasteiger partial charge in [-0.1, -0.05) is 26.0 Å². The van der Waals surface area contributed by atoms with Gasteiger partial charge in [0.15, 0.2) is 5.78 Å². The van der Waals surface area contributed by atoms with Crippen molar-refractivity contribution in [3.8, 4) is 0 Å². The fourth-order valence-electron chi connectivity index (χ4n) is 2.33. The van der Waals surface area contributed by atoms with E-state index >= 15 is 0 Å². The average molecular weight is 202 g/mol. The summed E-state index contributed by atoms with van der Waals surface area (Å²) in [4.78, 5) is 11.3. The van der Waals surface area contributed by atoms with Crippen LogP contribution < -0.4 is 0 Å². The molecule has 1 aliphatic rings. The summed E-state index contributed by atoms with van der Waals surface area (Å²) >= 11 is 0. The third kappa shape index (κ3) is 1.97. The Labute approximate surface area is 91.5 Å². The van der Waals surface area contributed by atoms with Crippen molar-refractivity contribution in [1.82, 2.24) is 0 Å². The van der Waals surface area contributed by atoms with E-state index in [0.717, 1.165) is 30.2 Å². The van der Waals surface area contributed by atoms with Crippen LogP contribution in [0.2, 0.25) is 0 Å². The Hall–Kier alpha value is -1.11. The first-order valence-corrected chi connectivity index (χ1v) is 5.70. The summed E-state index contributed by atoms with van der Waals surface area (Å²) in [6.07, 6.45) is 2.28. The molecule has 0 aromatic heterocycles. The number of Topliss-reactive ketones (excluding diaryl/α,β-unsaturated/α-hetero) is 1. The maximum absolute atomic E-state index is 11.3. The highest BCUT2D eigenvalue weighted by molar-refractivity contribution is 5.94. The molecule has 80 valence electrons. The van der Waals surface area contributed by atoms with Crippen LogP contribution in [-0.4, -0.2) is 5.78 Å². The standard InChI is InChI=1S/C14H18O/c1-9-6-13-5-4-12(11(3)15)8-14(13)7-10(9)2/h4-5,8-10H,6-7H2,1-3H3. The van der Waals surface area contributed by atoms with Crippen molar-refractivity contribution in [3.63, 3.8) is 0 Å². The van der Waals surface area contributed by atoms with Crippen LogP contribution in [0.1, 0.15) is 42.3 Å². The maximum atomic E-state index is 11.3. The third-order valence-electron chi connectivity index (χ3n) is 3.67. The van der Waals surface area contributed by atoms with Gasteiger partial charge in [-0.05, 0) is 48.8 Å². The van der Waals surface area contributed by atoms with E-state index < -0.39 is 0 Å². The zero-order valence-electron chi connectivity index (χ0n) is 9.71. The molecule has 0 radical (unpaired) electrons. The Kier molecular flexibility index (Phi) is 2.64. The topological polar surface area (TPSA) is 17.1 Å². The van der Waals surface area contributed by atoms with E-state index in [0.29, 0.717) is 0 Å². The van der Waals surface area contributed by atoms with Crippen molar-refractivity contribution in [2.24, 2.45) is 11.8 Å². The van der Waals surface area contributed by atoms with Crippen LogP contribution in [0.25, 0.3) is 0 Å². The first kappa shape index (κ1) is 10.4. The number of carbonyl (C=O) groups excluding carboxylic acids is 1. The van der Waals surface area contributed by atoms with Crippen molar-refractivity contribution in [1.29, 1.82) is 0 Å². The first-order valence-electron chi connectivity index (χ1n) is 5.70. The number of fused-ring (bicyclic) bond motifs is 1. The quantitative estimate of drug-likeness (QED) is 0.639. The molecule has 0 heterocycles. The normalized spacial score (nSPS) is 24.7. The van der Waals surface area contributed by atoms with Gasteiger partial charge in [0.1, 0.15) is 0 Å². The van der Waals surface area contributed by atoms with E-state index in [-0.39, 0.29) is 5.78 Å². The molecule has 0 spiro atoms. The Balaban J connectivity index is 2.37. The predicted octanol–water partition coefficient (Wildman–Crippen LogP) is 3.26. The van der Waals surface area contributed by atoms with Gasteiger partial charge < -0.3 is 0 Å². The average Bonchev–Trinajstić information content (AvgIpc) is 2.19. The lowest BCUT2D eigenvalue weighted by Crippen LogP contribution is -2.20. The molecular formula is C14H18O. The lowest BCUT2D eigenvalue weighted by molar-refractivity contribution is 0.101. The SMILES string of the molecule is CC(=O)c1ccc2c(c1)CC(C)C(C)C2. The molecule has 1 nitrogen and oxygen atoms in total. The van der Waals surface area contributed by atoms with Crippen molar-refractivity contribution in [3.05, 3.63) is 34.9 Å². The Bertz CT molecular complexity index is 392. The second kappa shape index (κ2) is 3.80. The minimum absolute atomic E-state index is 0.170. The largest absolute Gasteiger partial charge is 0.295 e. The van der Waals surface area contributed by atoms with E-state index in [1.807, 2.05) is 6.07 Å². The van der Waals surface area contributed by atoms with Crippen LogP contribution in [0.3, 0.4) is 0 Å². The van der Waals surface area contributed by atoms with E-state index in [9.17, 15) is 4.79 Å². The van der Waals surface area contributed by atoms with Gasteiger partial charge in [0.2, 0.25) is 0 Å². The summed E-state index contributed by atoms with van der Waals surface area (Å²) in [5, 5.41) is 0. The summed E-state index contributed by atoms with van der Waals surface area (Å²) in [5.74, 6) is 1.67. The molecule has 0 saturated carbocycles. The number of hydrogen-bond donors (Lipinski definition) is 0. The summed E-state index contributed by atoms with van der Waals surface area (Å²) in [7, 11) is 0. The van der Waals surface area contributed by atoms with Gasteiger partial charge >= 0.3 is 0 Å². The number of benzene rings is 1. The lowest BCUT2D eigenvalue weighted by atomic mass is 9.77. The van der Waals surface area contributed by atoms with E-state index in [1.165, 1.54) is 11.1 Å². The zero-order valence-corrected chi connectivity index (χ0v) is 9.71. The Morgan fingerprint density at radius 2 is 1.73 bits per heavy atom. The Morgan fingerprint density at radius 3 is 2.33 bits per heavy atom. The van der Waals surface area contributed by atoms with Crippen molar-refractivity contribution in [2.75, 3.05) is 0 Å². The molecule has 2 unspecified atom stereocenters. The molecular weight excluding hydrogens is 184 g/mol. The Morgan fingerprint density at radius 1 is 1.13 bits per heavy atom. The van der Waals surface area contributed by atoms with Gasteiger partial charge in [-0.2, -0.15) is 0 Å². The highest BCUT2D eigenvalue weighted by Gasteiger charge is 2.22. The summed E-state index contributed by atoms with van der Waals surface area (Å²) < 4.78 is 0. The molecule has 0 fully saturated rings. The van der Waals surface area contributed by atoms with Crippen molar-refractivity contribution in [2.45, 2.75) is 33.6 Å². The van der Waals surface area contributed by atoms with Gasteiger partial charge in [-0.15, -0.1) is 0 Å². The molecule has 0 aliphatic heterocycles. The smallest absolute Gasteiger partial charge is 0.159 e. The van der Waals surface area contributed by atoms with Crippen molar-refractivity contribution >= 4 is 5.78 Å². The van der Waals surface area contributed by atoms with Gasteiger partial charge in [0.05, 0.1) is 0 Å².